The molecule has 1 fully saturated rings. The zero-order valence-electron chi connectivity index (χ0n) is 18.0. The number of carbonyl (C=O) groups is 2. The van der Waals surface area contributed by atoms with Crippen LogP contribution in [-0.2, 0) is 11.3 Å². The number of amides is 2. The van der Waals surface area contributed by atoms with E-state index >= 15 is 0 Å². The minimum Gasteiger partial charge on any atom is -0.457 e. The predicted octanol–water partition coefficient (Wildman–Crippen LogP) is 3.32. The highest BCUT2D eigenvalue weighted by Crippen LogP contribution is 2.21. The Morgan fingerprint density at radius 3 is 2.34 bits per heavy atom. The van der Waals surface area contributed by atoms with Crippen LogP contribution in [0.15, 0.2) is 60.0 Å². The Hall–Kier alpha value is -3.23. The standard InChI is InChI=1S/C24H26N4O3S/c1-18-26-20(17-32-18)16-27-11-13-28(14-12-27)23(29)15-25-24(30)19-7-9-22(10-8-19)31-21-5-3-2-4-6-21/h2-10,17H,11-16H2,1H3,(H,25,30). The second kappa shape index (κ2) is 10.4. The normalized spacial score (nSPS) is 14.2. The van der Waals surface area contributed by atoms with Crippen molar-refractivity contribution in [3.05, 3.63) is 76.2 Å². The highest BCUT2D eigenvalue weighted by Gasteiger charge is 2.22. The van der Waals surface area contributed by atoms with E-state index in [0.29, 0.717) is 24.4 Å². The number of benzene rings is 2. The molecule has 0 bridgehead atoms. The van der Waals surface area contributed by atoms with Crippen LogP contribution in [0.2, 0.25) is 0 Å². The van der Waals surface area contributed by atoms with Gasteiger partial charge in [0.25, 0.3) is 5.91 Å². The van der Waals surface area contributed by atoms with E-state index in [4.69, 9.17) is 4.74 Å². The quantitative estimate of drug-likeness (QED) is 0.598. The molecule has 0 unspecified atom stereocenters. The third-order valence-corrected chi connectivity index (χ3v) is 6.10. The summed E-state index contributed by atoms with van der Waals surface area (Å²) in [6.07, 6.45) is 0. The summed E-state index contributed by atoms with van der Waals surface area (Å²) in [7, 11) is 0. The van der Waals surface area contributed by atoms with E-state index in [9.17, 15) is 9.59 Å². The van der Waals surface area contributed by atoms with Crippen LogP contribution in [0.4, 0.5) is 0 Å². The average Bonchev–Trinajstić information content (AvgIpc) is 3.23. The van der Waals surface area contributed by atoms with Crippen LogP contribution in [0.3, 0.4) is 0 Å². The van der Waals surface area contributed by atoms with Crippen LogP contribution in [0, 0.1) is 6.92 Å². The van der Waals surface area contributed by atoms with E-state index in [1.54, 1.807) is 40.5 Å². The van der Waals surface area contributed by atoms with E-state index in [0.717, 1.165) is 36.1 Å². The molecule has 0 atom stereocenters. The Morgan fingerprint density at radius 1 is 1.00 bits per heavy atom. The van der Waals surface area contributed by atoms with Crippen molar-refractivity contribution >= 4 is 23.2 Å². The van der Waals surface area contributed by atoms with Gasteiger partial charge in [-0.2, -0.15) is 0 Å². The molecule has 3 aromatic rings. The summed E-state index contributed by atoms with van der Waals surface area (Å²) < 4.78 is 5.74. The number of piperazine rings is 1. The van der Waals surface area contributed by atoms with Gasteiger partial charge in [-0.15, -0.1) is 11.3 Å². The third kappa shape index (κ3) is 5.93. The molecule has 4 rings (SSSR count). The molecule has 1 N–H and O–H groups in total. The lowest BCUT2D eigenvalue weighted by atomic mass is 10.2. The smallest absolute Gasteiger partial charge is 0.251 e. The molecule has 2 heterocycles. The molecule has 0 saturated carbocycles. The Balaban J connectivity index is 1.20. The van der Waals surface area contributed by atoms with Gasteiger partial charge in [0.1, 0.15) is 11.5 Å². The zero-order chi connectivity index (χ0) is 22.3. The molecule has 166 valence electrons. The summed E-state index contributed by atoms with van der Waals surface area (Å²) in [5.41, 5.74) is 1.57. The van der Waals surface area contributed by atoms with Crippen LogP contribution >= 0.6 is 11.3 Å². The maximum absolute atomic E-state index is 12.5. The minimum atomic E-state index is -0.276. The van der Waals surface area contributed by atoms with Gasteiger partial charge in [0.2, 0.25) is 5.91 Å². The maximum Gasteiger partial charge on any atom is 0.251 e. The zero-order valence-corrected chi connectivity index (χ0v) is 18.8. The second-order valence-corrected chi connectivity index (χ2v) is 8.70. The second-order valence-electron chi connectivity index (χ2n) is 7.64. The molecule has 2 aromatic carbocycles. The molecule has 2 amide bonds. The van der Waals surface area contributed by atoms with Gasteiger partial charge in [-0.05, 0) is 43.3 Å². The fourth-order valence-corrected chi connectivity index (χ4v) is 4.14. The van der Waals surface area contributed by atoms with Gasteiger partial charge in [-0.1, -0.05) is 18.2 Å². The summed E-state index contributed by atoms with van der Waals surface area (Å²) in [6.45, 7) is 5.73. The van der Waals surface area contributed by atoms with Crippen molar-refractivity contribution in [1.29, 1.82) is 0 Å². The van der Waals surface area contributed by atoms with E-state index in [1.165, 1.54) is 0 Å². The van der Waals surface area contributed by atoms with Crippen molar-refractivity contribution in [2.45, 2.75) is 13.5 Å². The number of rotatable bonds is 7. The van der Waals surface area contributed by atoms with Crippen LogP contribution in [-0.4, -0.2) is 59.3 Å². The van der Waals surface area contributed by atoms with Gasteiger partial charge in [0.05, 0.1) is 17.2 Å². The average molecular weight is 451 g/mol. The fourth-order valence-electron chi connectivity index (χ4n) is 3.53. The van der Waals surface area contributed by atoms with E-state index in [-0.39, 0.29) is 18.4 Å². The molecule has 1 aliphatic rings. The maximum atomic E-state index is 12.5. The molecule has 0 spiro atoms. The first-order chi connectivity index (χ1) is 15.6. The number of ether oxygens (including phenoxy) is 1. The molecule has 8 heteroatoms. The van der Waals surface area contributed by atoms with Crippen molar-refractivity contribution in [2.75, 3.05) is 32.7 Å². The van der Waals surface area contributed by atoms with Gasteiger partial charge in [-0.25, -0.2) is 4.98 Å². The largest absolute Gasteiger partial charge is 0.457 e. The van der Waals surface area contributed by atoms with E-state index in [2.05, 4.69) is 20.6 Å². The first-order valence-corrected chi connectivity index (χ1v) is 11.5. The van der Waals surface area contributed by atoms with Crippen molar-refractivity contribution in [1.82, 2.24) is 20.1 Å². The molecule has 1 aromatic heterocycles. The molecule has 32 heavy (non-hydrogen) atoms. The lowest BCUT2D eigenvalue weighted by Gasteiger charge is -2.34. The van der Waals surface area contributed by atoms with Gasteiger partial charge < -0.3 is 15.0 Å². The number of hydrogen-bond donors (Lipinski definition) is 1. The monoisotopic (exact) mass is 450 g/mol. The van der Waals surface area contributed by atoms with Gasteiger partial charge in [0.15, 0.2) is 0 Å². The van der Waals surface area contributed by atoms with Gasteiger partial charge in [0, 0.05) is 43.7 Å². The van der Waals surface area contributed by atoms with Crippen molar-refractivity contribution in [3.8, 4) is 11.5 Å². The number of carbonyl (C=O) groups excluding carboxylic acids is 2. The van der Waals surface area contributed by atoms with Crippen LogP contribution in [0.25, 0.3) is 0 Å². The lowest BCUT2D eigenvalue weighted by Crippen LogP contribution is -2.50. The third-order valence-electron chi connectivity index (χ3n) is 5.27. The van der Waals surface area contributed by atoms with Crippen LogP contribution < -0.4 is 10.1 Å². The summed E-state index contributed by atoms with van der Waals surface area (Å²) in [5.74, 6) is 1.04. The highest BCUT2D eigenvalue weighted by atomic mass is 32.1. The molecular weight excluding hydrogens is 424 g/mol. The van der Waals surface area contributed by atoms with E-state index < -0.39 is 0 Å². The summed E-state index contributed by atoms with van der Waals surface area (Å²) in [6, 6.07) is 16.3. The molecule has 0 aliphatic carbocycles. The van der Waals surface area contributed by atoms with Gasteiger partial charge >= 0.3 is 0 Å². The number of para-hydroxylation sites is 1. The Kier molecular flexibility index (Phi) is 7.14. The fraction of sp³-hybridized carbons (Fsp3) is 0.292. The van der Waals surface area contributed by atoms with Crippen LogP contribution in [0.1, 0.15) is 21.1 Å². The Bertz CT molecular complexity index is 1040. The van der Waals surface area contributed by atoms with Crippen molar-refractivity contribution in [2.24, 2.45) is 0 Å². The number of aromatic nitrogens is 1. The van der Waals surface area contributed by atoms with Crippen molar-refractivity contribution < 1.29 is 14.3 Å². The minimum absolute atomic E-state index is 0.00756. The SMILES string of the molecule is Cc1nc(CN2CCN(C(=O)CNC(=O)c3ccc(Oc4ccccc4)cc3)CC2)cs1. The number of hydrogen-bond acceptors (Lipinski definition) is 6. The predicted molar refractivity (Wildman–Crippen MR) is 124 cm³/mol. The molecule has 1 aliphatic heterocycles. The summed E-state index contributed by atoms with van der Waals surface area (Å²) in [4.78, 5) is 33.6. The van der Waals surface area contributed by atoms with E-state index in [1.807, 2.05) is 37.3 Å². The summed E-state index contributed by atoms with van der Waals surface area (Å²) in [5, 5.41) is 5.88. The highest BCUT2D eigenvalue weighted by molar-refractivity contribution is 7.09. The van der Waals surface area contributed by atoms with Gasteiger partial charge in [-0.3, -0.25) is 14.5 Å². The Morgan fingerprint density at radius 2 is 1.69 bits per heavy atom. The Labute approximate surface area is 191 Å². The van der Waals surface area contributed by atoms with Crippen LogP contribution in [0.5, 0.6) is 11.5 Å². The number of nitrogens with one attached hydrogen (secondary N) is 1. The first-order valence-electron chi connectivity index (χ1n) is 10.6. The molecular formula is C24H26N4O3S. The first kappa shape index (κ1) is 22.0. The molecule has 7 nitrogen and oxygen atoms in total. The molecule has 1 saturated heterocycles. The summed E-state index contributed by atoms with van der Waals surface area (Å²) >= 11 is 1.66. The van der Waals surface area contributed by atoms with Crippen molar-refractivity contribution in [3.63, 3.8) is 0 Å². The topological polar surface area (TPSA) is 74.8 Å². The number of nitrogens with zero attached hydrogens (tertiary/aromatic N) is 3. The lowest BCUT2D eigenvalue weighted by molar-refractivity contribution is -0.131. The molecule has 0 radical (unpaired) electrons. The number of thiazole rings is 1. The number of aryl methyl sites for hydroxylation is 1.